The number of hydrogen-bond donors (Lipinski definition) is 2. The zero-order valence-corrected chi connectivity index (χ0v) is 14.2. The van der Waals surface area contributed by atoms with E-state index in [1.54, 1.807) is 24.3 Å². The Morgan fingerprint density at radius 3 is 2.54 bits per heavy atom. The number of nitrogens with zero attached hydrogens (tertiary/aromatic N) is 2. The number of hydrogen-bond acceptors (Lipinski definition) is 6. The Balaban J connectivity index is 2.08. The van der Waals surface area contributed by atoms with E-state index in [2.05, 4.69) is 10.1 Å². The topological polar surface area (TPSA) is 101 Å². The van der Waals surface area contributed by atoms with Crippen LogP contribution >= 0.6 is 22.9 Å². The van der Waals surface area contributed by atoms with Gasteiger partial charge in [-0.3, -0.25) is 10.1 Å². The summed E-state index contributed by atoms with van der Waals surface area (Å²) in [5, 5.41) is 15.3. The van der Waals surface area contributed by atoms with E-state index < -0.39 is 28.9 Å². The molecular weight excluding hydrogens is 399 g/mol. The zero-order valence-electron chi connectivity index (χ0n) is 12.6. The van der Waals surface area contributed by atoms with Crippen LogP contribution in [0, 0.1) is 0 Å². The van der Waals surface area contributed by atoms with E-state index in [-0.39, 0.29) is 12.3 Å². The molecule has 2 aromatic rings. The minimum atomic E-state index is -5.09. The third-order valence-electron chi connectivity index (χ3n) is 2.73. The summed E-state index contributed by atoms with van der Waals surface area (Å²) >= 11 is 6.34. The normalized spacial score (nSPS) is 11.9. The van der Waals surface area contributed by atoms with Gasteiger partial charge in [-0.15, -0.1) is 11.3 Å². The fourth-order valence-electron chi connectivity index (χ4n) is 1.56. The highest BCUT2D eigenvalue weighted by atomic mass is 35.5. The number of carbonyl (C=O) groups is 2. The number of rotatable bonds is 6. The van der Waals surface area contributed by atoms with E-state index >= 15 is 0 Å². The minimum Gasteiger partial charge on any atom is -0.476 e. The van der Waals surface area contributed by atoms with Crippen LogP contribution in [0.25, 0.3) is 0 Å². The minimum absolute atomic E-state index is 0.0598. The van der Waals surface area contributed by atoms with Crippen LogP contribution in [0.4, 0.5) is 18.3 Å². The second-order valence-corrected chi connectivity index (χ2v) is 5.93. The molecule has 7 nitrogen and oxygen atoms in total. The van der Waals surface area contributed by atoms with Crippen molar-refractivity contribution >= 4 is 45.7 Å². The van der Waals surface area contributed by atoms with Gasteiger partial charge in [-0.1, -0.05) is 28.9 Å². The molecule has 2 rings (SSSR count). The first-order valence-corrected chi connectivity index (χ1v) is 7.94. The molecule has 1 heterocycles. The average molecular weight is 408 g/mol. The molecule has 0 unspecified atom stereocenters. The molecule has 0 atom stereocenters. The van der Waals surface area contributed by atoms with Crippen molar-refractivity contribution in [2.75, 3.05) is 5.32 Å². The number of thiazole rings is 1. The Bertz CT molecular complexity index is 837. The number of alkyl halides is 3. The van der Waals surface area contributed by atoms with Gasteiger partial charge in [-0.2, -0.15) is 13.2 Å². The molecule has 26 heavy (non-hydrogen) atoms. The van der Waals surface area contributed by atoms with Gasteiger partial charge in [-0.25, -0.2) is 9.78 Å². The van der Waals surface area contributed by atoms with Crippen molar-refractivity contribution in [3.05, 3.63) is 45.9 Å². The predicted molar refractivity (Wildman–Crippen MR) is 87.2 cm³/mol. The number of carbonyl (C=O) groups excluding carboxylic acids is 1. The number of carboxylic acid groups (broad SMARTS) is 1. The van der Waals surface area contributed by atoms with E-state index in [0.717, 1.165) is 5.38 Å². The van der Waals surface area contributed by atoms with E-state index in [1.807, 2.05) is 0 Å². The molecule has 0 saturated carbocycles. The first kappa shape index (κ1) is 19.7. The van der Waals surface area contributed by atoms with Gasteiger partial charge >= 0.3 is 18.1 Å². The molecule has 138 valence electrons. The van der Waals surface area contributed by atoms with Gasteiger partial charge in [0.15, 0.2) is 5.13 Å². The summed E-state index contributed by atoms with van der Waals surface area (Å²) in [5.74, 6) is -3.72. The molecular formula is C14H9ClF3N3O4S. The van der Waals surface area contributed by atoms with Crippen LogP contribution in [0.1, 0.15) is 11.3 Å². The van der Waals surface area contributed by atoms with Crippen LogP contribution in [0.2, 0.25) is 5.02 Å². The molecule has 1 aromatic heterocycles. The van der Waals surface area contributed by atoms with Crippen molar-refractivity contribution < 1.29 is 32.7 Å². The number of nitrogens with one attached hydrogen (secondary N) is 1. The van der Waals surface area contributed by atoms with Crippen LogP contribution in [-0.2, 0) is 21.0 Å². The first-order valence-electron chi connectivity index (χ1n) is 6.68. The van der Waals surface area contributed by atoms with Gasteiger partial charge in [0.05, 0.1) is 0 Å². The predicted octanol–water partition coefficient (Wildman–Crippen LogP) is 3.30. The van der Waals surface area contributed by atoms with Gasteiger partial charge in [0.1, 0.15) is 12.3 Å². The third-order valence-corrected chi connectivity index (χ3v) is 3.74. The molecule has 0 saturated heterocycles. The highest BCUT2D eigenvalue weighted by Crippen LogP contribution is 2.21. The Hall–Kier alpha value is -2.66. The fraction of sp³-hybridized carbons (Fsp3) is 0.143. The van der Waals surface area contributed by atoms with Gasteiger partial charge < -0.3 is 9.94 Å². The molecule has 0 aliphatic carbocycles. The molecule has 0 spiro atoms. The number of benzene rings is 1. The lowest BCUT2D eigenvalue weighted by Gasteiger charge is -2.04. The maximum absolute atomic E-state index is 12.2. The van der Waals surface area contributed by atoms with Crippen molar-refractivity contribution in [2.45, 2.75) is 12.8 Å². The number of amides is 1. The second-order valence-electron chi connectivity index (χ2n) is 4.63. The lowest BCUT2D eigenvalue weighted by atomic mass is 10.2. The van der Waals surface area contributed by atoms with Crippen molar-refractivity contribution in [2.24, 2.45) is 5.16 Å². The van der Waals surface area contributed by atoms with Crippen molar-refractivity contribution in [3.63, 3.8) is 0 Å². The maximum atomic E-state index is 12.2. The first-order chi connectivity index (χ1) is 12.2. The largest absolute Gasteiger partial charge is 0.476 e. The van der Waals surface area contributed by atoms with Crippen LogP contribution in [-0.4, -0.2) is 33.9 Å². The smallest absolute Gasteiger partial charge is 0.471 e. The van der Waals surface area contributed by atoms with E-state index in [9.17, 15) is 22.8 Å². The molecule has 0 fully saturated rings. The van der Waals surface area contributed by atoms with Gasteiger partial charge in [0.25, 0.3) is 0 Å². The van der Waals surface area contributed by atoms with Crippen LogP contribution in [0.15, 0.2) is 34.8 Å². The molecule has 1 amide bonds. The quantitative estimate of drug-likeness (QED) is 0.565. The summed E-state index contributed by atoms with van der Waals surface area (Å²) in [6.45, 7) is -0.0598. The van der Waals surface area contributed by atoms with Crippen molar-refractivity contribution in [1.82, 2.24) is 4.98 Å². The summed E-state index contributed by atoms with van der Waals surface area (Å²) in [7, 11) is 0. The van der Waals surface area contributed by atoms with Crippen molar-refractivity contribution in [3.8, 4) is 0 Å². The SMILES string of the molecule is O=C(O)C(=NOCc1ccc(Cl)cc1)c1csc(NC(=O)C(F)(F)F)n1. The monoisotopic (exact) mass is 407 g/mol. The Morgan fingerprint density at radius 1 is 1.31 bits per heavy atom. The Labute approximate surface area is 153 Å². The number of aliphatic carboxylic acids is 1. The number of aromatic nitrogens is 1. The molecule has 0 bridgehead atoms. The number of halogens is 4. The standard InChI is InChI=1S/C14H9ClF3N3O4S/c15-8-3-1-7(2-4-8)5-25-21-10(11(22)23)9-6-26-13(19-9)20-12(24)14(16,17)18/h1-4,6H,5H2,(H,22,23)(H,19,20,24). The number of oxime groups is 1. The van der Waals surface area contributed by atoms with Crippen molar-refractivity contribution in [1.29, 1.82) is 0 Å². The Morgan fingerprint density at radius 2 is 1.96 bits per heavy atom. The van der Waals surface area contributed by atoms with E-state index in [1.165, 1.54) is 5.32 Å². The second kappa shape index (κ2) is 8.15. The maximum Gasteiger partial charge on any atom is 0.471 e. The summed E-state index contributed by atoms with van der Waals surface area (Å²) in [6, 6.07) is 6.51. The molecule has 0 aliphatic heterocycles. The third kappa shape index (κ3) is 5.43. The summed E-state index contributed by atoms with van der Waals surface area (Å²) in [6.07, 6.45) is -5.09. The highest BCUT2D eigenvalue weighted by molar-refractivity contribution is 7.14. The molecule has 0 radical (unpaired) electrons. The van der Waals surface area contributed by atoms with E-state index in [0.29, 0.717) is 21.9 Å². The zero-order chi connectivity index (χ0) is 19.3. The summed E-state index contributed by atoms with van der Waals surface area (Å²) < 4.78 is 36.6. The van der Waals surface area contributed by atoms with Crippen LogP contribution in [0.3, 0.4) is 0 Å². The number of carboxylic acids is 1. The van der Waals surface area contributed by atoms with Gasteiger partial charge in [0, 0.05) is 10.4 Å². The Kier molecular flexibility index (Phi) is 6.16. The molecule has 2 N–H and O–H groups in total. The average Bonchev–Trinajstić information content (AvgIpc) is 3.00. The fourth-order valence-corrected chi connectivity index (χ4v) is 2.37. The summed E-state index contributed by atoms with van der Waals surface area (Å²) in [5.41, 5.74) is -0.210. The lowest BCUT2D eigenvalue weighted by molar-refractivity contribution is -0.167. The van der Waals surface area contributed by atoms with Gasteiger partial charge in [-0.05, 0) is 17.7 Å². The highest BCUT2D eigenvalue weighted by Gasteiger charge is 2.39. The lowest BCUT2D eigenvalue weighted by Crippen LogP contribution is -2.29. The summed E-state index contributed by atoms with van der Waals surface area (Å²) in [4.78, 5) is 30.6. The molecule has 0 aliphatic rings. The van der Waals surface area contributed by atoms with E-state index in [4.69, 9.17) is 21.5 Å². The van der Waals surface area contributed by atoms with Crippen LogP contribution < -0.4 is 5.32 Å². The van der Waals surface area contributed by atoms with Gasteiger partial charge in [0.2, 0.25) is 5.71 Å². The van der Waals surface area contributed by atoms with Crippen LogP contribution in [0.5, 0.6) is 0 Å². The molecule has 1 aromatic carbocycles. The number of anilines is 1. The molecule has 12 heteroatoms.